The molecule has 4 aromatic rings. The Labute approximate surface area is 171 Å². The fourth-order valence-electron chi connectivity index (χ4n) is 3.22. The van der Waals surface area contributed by atoms with Crippen molar-refractivity contribution in [3.8, 4) is 27.8 Å². The van der Waals surface area contributed by atoms with Gasteiger partial charge in [0, 0.05) is 30.0 Å². The number of aromatic nitrogens is 4. The number of hydrogen-bond donors (Lipinski definition) is 2. The van der Waals surface area contributed by atoms with Gasteiger partial charge in [0.25, 0.3) is 5.91 Å². The van der Waals surface area contributed by atoms with Gasteiger partial charge in [0.2, 0.25) is 0 Å². The van der Waals surface area contributed by atoms with Crippen LogP contribution in [0.1, 0.15) is 21.6 Å². The molecule has 0 spiro atoms. The van der Waals surface area contributed by atoms with Crippen LogP contribution in [0.5, 0.6) is 5.75 Å². The highest BCUT2D eigenvalue weighted by molar-refractivity contribution is 7.13. The van der Waals surface area contributed by atoms with Crippen LogP contribution in [0.25, 0.3) is 22.1 Å². The zero-order valence-corrected chi connectivity index (χ0v) is 16.6. The molecule has 0 radical (unpaired) electrons. The monoisotopic (exact) mass is 405 g/mol. The molecule has 3 N–H and O–H groups in total. The van der Waals surface area contributed by atoms with Crippen LogP contribution >= 0.6 is 11.3 Å². The number of rotatable bonds is 6. The summed E-state index contributed by atoms with van der Waals surface area (Å²) in [5, 5.41) is 12.2. The SMILES string of the molecule is Cc1c(C(N)=O)cc(-c2csc(-c3cnccn3)n2)n1CCc1ccc(O)cc1. The summed E-state index contributed by atoms with van der Waals surface area (Å²) in [6.45, 7) is 2.54. The number of amides is 1. The van der Waals surface area contributed by atoms with Gasteiger partial charge in [-0.3, -0.25) is 14.8 Å². The molecule has 1 amide bonds. The highest BCUT2D eigenvalue weighted by Gasteiger charge is 2.19. The first-order chi connectivity index (χ1) is 14.0. The number of hydrogen-bond acceptors (Lipinski definition) is 6. The van der Waals surface area contributed by atoms with Crippen molar-refractivity contribution in [1.29, 1.82) is 0 Å². The maximum absolute atomic E-state index is 11.9. The third-order valence-electron chi connectivity index (χ3n) is 4.74. The van der Waals surface area contributed by atoms with Gasteiger partial charge in [-0.2, -0.15) is 0 Å². The van der Waals surface area contributed by atoms with Crippen LogP contribution in [-0.2, 0) is 13.0 Å². The Morgan fingerprint density at radius 2 is 2.00 bits per heavy atom. The van der Waals surface area contributed by atoms with Crippen LogP contribution in [0, 0.1) is 6.92 Å². The second-order valence-electron chi connectivity index (χ2n) is 6.59. The molecule has 0 saturated heterocycles. The van der Waals surface area contributed by atoms with Crippen LogP contribution in [0.4, 0.5) is 0 Å². The van der Waals surface area contributed by atoms with Crippen molar-refractivity contribution in [3.63, 3.8) is 0 Å². The maximum atomic E-state index is 11.9. The van der Waals surface area contributed by atoms with Crippen molar-refractivity contribution in [2.24, 2.45) is 5.73 Å². The molecule has 146 valence electrons. The number of aryl methyl sites for hydroxylation is 1. The Morgan fingerprint density at radius 1 is 1.21 bits per heavy atom. The summed E-state index contributed by atoms with van der Waals surface area (Å²) in [6.07, 6.45) is 5.66. The summed E-state index contributed by atoms with van der Waals surface area (Å²) in [4.78, 5) is 25.0. The summed E-state index contributed by atoms with van der Waals surface area (Å²) in [5.74, 6) is -0.224. The summed E-state index contributed by atoms with van der Waals surface area (Å²) in [6, 6.07) is 8.90. The molecule has 0 atom stereocenters. The van der Waals surface area contributed by atoms with E-state index in [0.717, 1.165) is 34.1 Å². The van der Waals surface area contributed by atoms with Gasteiger partial charge < -0.3 is 15.4 Å². The van der Waals surface area contributed by atoms with Gasteiger partial charge >= 0.3 is 0 Å². The van der Waals surface area contributed by atoms with Gasteiger partial charge in [-0.05, 0) is 37.1 Å². The molecule has 0 saturated carbocycles. The van der Waals surface area contributed by atoms with Crippen molar-refractivity contribution < 1.29 is 9.90 Å². The number of primary amides is 1. The van der Waals surface area contributed by atoms with Crippen LogP contribution in [-0.4, -0.2) is 30.5 Å². The van der Waals surface area contributed by atoms with Crippen LogP contribution < -0.4 is 5.73 Å². The van der Waals surface area contributed by atoms with E-state index in [-0.39, 0.29) is 5.75 Å². The average molecular weight is 405 g/mol. The lowest BCUT2D eigenvalue weighted by molar-refractivity contribution is 0.0999. The van der Waals surface area contributed by atoms with E-state index in [1.807, 2.05) is 24.4 Å². The minimum atomic E-state index is -0.462. The van der Waals surface area contributed by atoms with Gasteiger partial charge in [0.1, 0.15) is 16.5 Å². The molecule has 8 heteroatoms. The zero-order chi connectivity index (χ0) is 20.4. The Bertz CT molecular complexity index is 1150. The molecule has 3 heterocycles. The van der Waals surface area contributed by atoms with Gasteiger partial charge in [0.05, 0.1) is 23.1 Å². The molecule has 4 rings (SSSR count). The van der Waals surface area contributed by atoms with Gasteiger partial charge in [-0.1, -0.05) is 12.1 Å². The minimum Gasteiger partial charge on any atom is -0.508 e. The predicted molar refractivity (Wildman–Crippen MR) is 112 cm³/mol. The Balaban J connectivity index is 1.69. The second-order valence-corrected chi connectivity index (χ2v) is 7.45. The summed E-state index contributed by atoms with van der Waals surface area (Å²) in [5.41, 5.74) is 10.3. The largest absolute Gasteiger partial charge is 0.508 e. The van der Waals surface area contributed by atoms with E-state index >= 15 is 0 Å². The number of benzene rings is 1. The van der Waals surface area contributed by atoms with Crippen molar-refractivity contribution in [1.82, 2.24) is 19.5 Å². The minimum absolute atomic E-state index is 0.238. The lowest BCUT2D eigenvalue weighted by Gasteiger charge is -2.11. The van der Waals surface area contributed by atoms with Gasteiger partial charge in [0.15, 0.2) is 0 Å². The first kappa shape index (κ1) is 18.8. The van der Waals surface area contributed by atoms with Crippen molar-refractivity contribution in [2.75, 3.05) is 0 Å². The molecule has 1 aromatic carbocycles. The fourth-order valence-corrected chi connectivity index (χ4v) is 3.99. The fraction of sp³-hybridized carbons (Fsp3) is 0.143. The number of phenolic OH excluding ortho intramolecular Hbond substituents is 1. The van der Waals surface area contributed by atoms with Crippen LogP contribution in [0.15, 0.2) is 54.3 Å². The molecule has 0 fully saturated rings. The molecule has 0 unspecified atom stereocenters. The standard InChI is InChI=1S/C21H19N5O2S/c1-13-16(20(22)28)10-19(26(13)9-6-14-2-4-15(27)5-3-14)18-12-29-21(25-18)17-11-23-7-8-24-17/h2-5,7-8,10-12,27H,6,9H2,1H3,(H2,22,28). The quantitative estimate of drug-likeness (QED) is 0.511. The molecular weight excluding hydrogens is 386 g/mol. The van der Waals surface area contributed by atoms with Crippen molar-refractivity contribution in [3.05, 3.63) is 71.1 Å². The molecule has 29 heavy (non-hydrogen) atoms. The highest BCUT2D eigenvalue weighted by atomic mass is 32.1. The third-order valence-corrected chi connectivity index (χ3v) is 5.61. The molecule has 0 aliphatic heterocycles. The van der Waals surface area contributed by atoms with Crippen LogP contribution in [0.3, 0.4) is 0 Å². The number of nitrogens with two attached hydrogens (primary N) is 1. The Morgan fingerprint density at radius 3 is 2.69 bits per heavy atom. The third kappa shape index (κ3) is 3.88. The lowest BCUT2D eigenvalue weighted by atomic mass is 10.1. The highest BCUT2D eigenvalue weighted by Crippen LogP contribution is 2.30. The predicted octanol–water partition coefficient (Wildman–Crippen LogP) is 3.42. The van der Waals surface area contributed by atoms with Crippen LogP contribution in [0.2, 0.25) is 0 Å². The van der Waals surface area contributed by atoms with E-state index in [1.54, 1.807) is 36.8 Å². The Hall–Kier alpha value is -3.52. The lowest BCUT2D eigenvalue weighted by Crippen LogP contribution is -2.13. The maximum Gasteiger partial charge on any atom is 0.250 e. The topological polar surface area (TPSA) is 107 Å². The van der Waals surface area contributed by atoms with E-state index in [2.05, 4.69) is 14.5 Å². The van der Waals surface area contributed by atoms with Crippen molar-refractivity contribution >= 4 is 17.2 Å². The first-order valence-electron chi connectivity index (χ1n) is 9.03. The molecule has 0 bridgehead atoms. The molecule has 3 aromatic heterocycles. The normalized spacial score (nSPS) is 10.9. The van der Waals surface area contributed by atoms with E-state index in [0.29, 0.717) is 17.8 Å². The second kappa shape index (κ2) is 7.84. The first-order valence-corrected chi connectivity index (χ1v) is 9.91. The van der Waals surface area contributed by atoms with E-state index < -0.39 is 5.91 Å². The van der Waals surface area contributed by atoms with Gasteiger partial charge in [-0.15, -0.1) is 11.3 Å². The summed E-state index contributed by atoms with van der Waals surface area (Å²) < 4.78 is 2.06. The molecule has 7 nitrogen and oxygen atoms in total. The van der Waals surface area contributed by atoms with Gasteiger partial charge in [-0.25, -0.2) is 4.98 Å². The Kier molecular flexibility index (Phi) is 5.09. The zero-order valence-electron chi connectivity index (χ0n) is 15.7. The number of carbonyl (C=O) groups is 1. The number of carbonyl (C=O) groups excluding carboxylic acids is 1. The van der Waals surface area contributed by atoms with E-state index in [9.17, 15) is 9.90 Å². The van der Waals surface area contributed by atoms with E-state index in [4.69, 9.17) is 10.7 Å². The summed E-state index contributed by atoms with van der Waals surface area (Å²) >= 11 is 1.47. The number of aromatic hydroxyl groups is 1. The average Bonchev–Trinajstić information content (AvgIpc) is 3.33. The smallest absolute Gasteiger partial charge is 0.250 e. The molecule has 0 aliphatic rings. The number of thiazole rings is 1. The van der Waals surface area contributed by atoms with E-state index in [1.165, 1.54) is 11.3 Å². The van der Waals surface area contributed by atoms with Crippen molar-refractivity contribution in [2.45, 2.75) is 19.9 Å². The number of nitrogens with zero attached hydrogens (tertiary/aromatic N) is 4. The molecule has 0 aliphatic carbocycles. The molecular formula is C21H19N5O2S. The summed E-state index contributed by atoms with van der Waals surface area (Å²) in [7, 11) is 0. The number of phenols is 1.